The Morgan fingerprint density at radius 2 is 2.00 bits per heavy atom. The largest absolute Gasteiger partial charge is 0.419 e. The highest BCUT2D eigenvalue weighted by Gasteiger charge is 2.56. The smallest absolute Gasteiger partial charge is 0.325 e. The number of benzene rings is 1. The molecule has 2 aliphatic rings. The minimum Gasteiger partial charge on any atom is -0.419 e. The number of nitrogens with zero attached hydrogens (tertiary/aromatic N) is 3. The lowest BCUT2D eigenvalue weighted by Gasteiger charge is -2.20. The molecule has 124 valence electrons. The molecule has 2 fully saturated rings. The first-order chi connectivity index (χ1) is 11.5. The van der Waals surface area contributed by atoms with E-state index >= 15 is 0 Å². The van der Waals surface area contributed by atoms with E-state index in [1.807, 2.05) is 24.3 Å². The Morgan fingerprint density at radius 1 is 1.29 bits per heavy atom. The van der Waals surface area contributed by atoms with Crippen molar-refractivity contribution in [3.05, 3.63) is 34.6 Å². The monoisotopic (exact) mass is 390 g/mol. The predicted octanol–water partition coefficient (Wildman–Crippen LogP) is 2.72. The van der Waals surface area contributed by atoms with Crippen molar-refractivity contribution in [3.8, 4) is 11.5 Å². The Labute approximate surface area is 146 Å². The van der Waals surface area contributed by atoms with Gasteiger partial charge in [-0.2, -0.15) is 0 Å². The second-order valence-electron chi connectivity index (χ2n) is 6.31. The van der Waals surface area contributed by atoms with Crippen LogP contribution in [0.4, 0.5) is 4.79 Å². The Kier molecular flexibility index (Phi) is 3.45. The first-order valence-corrected chi connectivity index (χ1v) is 8.49. The number of hydrogen-bond acceptors (Lipinski definition) is 5. The zero-order chi connectivity index (χ0) is 16.9. The molecule has 1 N–H and O–H groups in total. The van der Waals surface area contributed by atoms with E-state index in [1.165, 1.54) is 0 Å². The molecule has 1 aliphatic heterocycles. The van der Waals surface area contributed by atoms with Crippen molar-refractivity contribution in [1.82, 2.24) is 20.4 Å². The summed E-state index contributed by atoms with van der Waals surface area (Å²) in [4.78, 5) is 25.9. The highest BCUT2D eigenvalue weighted by Crippen LogP contribution is 2.42. The number of halogens is 1. The van der Waals surface area contributed by atoms with Crippen LogP contribution in [0.2, 0.25) is 0 Å². The van der Waals surface area contributed by atoms with Crippen LogP contribution in [0.1, 0.15) is 25.7 Å². The molecule has 24 heavy (non-hydrogen) atoms. The number of amides is 3. The number of rotatable bonds is 4. The minimum atomic E-state index is -0.800. The normalized spacial score (nSPS) is 23.7. The lowest BCUT2D eigenvalue weighted by atomic mass is 9.96. The predicted molar refractivity (Wildman–Crippen MR) is 87.6 cm³/mol. The van der Waals surface area contributed by atoms with Crippen molar-refractivity contribution < 1.29 is 14.0 Å². The molecule has 0 radical (unpaired) electrons. The van der Waals surface area contributed by atoms with Crippen molar-refractivity contribution >= 4 is 27.9 Å². The van der Waals surface area contributed by atoms with Crippen LogP contribution in [0.5, 0.6) is 0 Å². The average molecular weight is 391 g/mol. The van der Waals surface area contributed by atoms with Gasteiger partial charge >= 0.3 is 6.03 Å². The van der Waals surface area contributed by atoms with Gasteiger partial charge in [-0.3, -0.25) is 9.69 Å². The lowest BCUT2D eigenvalue weighted by molar-refractivity contribution is -0.132. The fourth-order valence-corrected chi connectivity index (χ4v) is 3.22. The number of carbonyl (C=O) groups is 2. The van der Waals surface area contributed by atoms with Crippen molar-refractivity contribution in [2.24, 2.45) is 5.92 Å². The maximum atomic E-state index is 12.6. The van der Waals surface area contributed by atoms with Crippen molar-refractivity contribution in [2.75, 3.05) is 0 Å². The van der Waals surface area contributed by atoms with Crippen LogP contribution in [0.15, 0.2) is 33.2 Å². The van der Waals surface area contributed by atoms with Gasteiger partial charge in [-0.25, -0.2) is 4.79 Å². The van der Waals surface area contributed by atoms with Gasteiger partial charge in [-0.1, -0.05) is 15.9 Å². The maximum absolute atomic E-state index is 12.6. The van der Waals surface area contributed by atoms with Crippen LogP contribution >= 0.6 is 15.9 Å². The average Bonchev–Trinajstić information content (AvgIpc) is 3.28. The van der Waals surface area contributed by atoms with Gasteiger partial charge < -0.3 is 9.73 Å². The molecular weight excluding hydrogens is 376 g/mol. The Balaban J connectivity index is 1.53. The summed E-state index contributed by atoms with van der Waals surface area (Å²) in [6, 6.07) is 7.03. The molecule has 7 nitrogen and oxygen atoms in total. The van der Waals surface area contributed by atoms with Gasteiger partial charge in [0, 0.05) is 10.0 Å². The molecule has 1 aliphatic carbocycles. The minimum absolute atomic E-state index is 0.0174. The first kappa shape index (κ1) is 15.3. The highest BCUT2D eigenvalue weighted by molar-refractivity contribution is 9.10. The maximum Gasteiger partial charge on any atom is 0.325 e. The summed E-state index contributed by atoms with van der Waals surface area (Å²) in [5.41, 5.74) is -0.0250. The molecule has 1 saturated carbocycles. The summed E-state index contributed by atoms with van der Waals surface area (Å²) < 4.78 is 6.55. The molecule has 2 aromatic rings. The van der Waals surface area contributed by atoms with E-state index in [0.29, 0.717) is 5.89 Å². The second-order valence-corrected chi connectivity index (χ2v) is 7.22. The van der Waals surface area contributed by atoms with Crippen LogP contribution in [0.25, 0.3) is 11.5 Å². The third-order valence-corrected chi connectivity index (χ3v) is 5.08. The van der Waals surface area contributed by atoms with Crippen LogP contribution in [-0.2, 0) is 11.3 Å². The third kappa shape index (κ3) is 2.50. The molecule has 3 amide bonds. The molecule has 1 atom stereocenters. The zero-order valence-electron chi connectivity index (χ0n) is 13.0. The number of urea groups is 1. The molecule has 1 aromatic carbocycles. The summed E-state index contributed by atoms with van der Waals surface area (Å²) >= 11 is 3.37. The van der Waals surface area contributed by atoms with Gasteiger partial charge in [0.1, 0.15) is 12.1 Å². The van der Waals surface area contributed by atoms with E-state index in [0.717, 1.165) is 27.8 Å². The molecule has 0 spiro atoms. The topological polar surface area (TPSA) is 88.3 Å². The molecule has 0 bridgehead atoms. The van der Waals surface area contributed by atoms with E-state index < -0.39 is 11.6 Å². The second kappa shape index (κ2) is 5.41. The Bertz CT molecular complexity index is 815. The molecular formula is C16H15BrN4O3. The summed E-state index contributed by atoms with van der Waals surface area (Å²) in [7, 11) is 0. The first-order valence-electron chi connectivity index (χ1n) is 7.70. The van der Waals surface area contributed by atoms with E-state index in [4.69, 9.17) is 4.42 Å². The van der Waals surface area contributed by atoms with Gasteiger partial charge in [0.15, 0.2) is 0 Å². The molecule has 2 heterocycles. The molecule has 4 rings (SSSR count). The third-order valence-electron chi connectivity index (χ3n) is 4.55. The number of carbonyl (C=O) groups excluding carboxylic acids is 2. The number of imide groups is 1. The summed E-state index contributed by atoms with van der Waals surface area (Å²) in [5.74, 6) is 0.587. The quantitative estimate of drug-likeness (QED) is 0.810. The van der Waals surface area contributed by atoms with E-state index in [9.17, 15) is 9.59 Å². The van der Waals surface area contributed by atoms with Crippen molar-refractivity contribution in [3.63, 3.8) is 0 Å². The number of aromatic nitrogens is 2. The van der Waals surface area contributed by atoms with Gasteiger partial charge in [-0.05, 0) is 49.9 Å². The van der Waals surface area contributed by atoms with Gasteiger partial charge in [0.05, 0.1) is 0 Å². The van der Waals surface area contributed by atoms with Gasteiger partial charge in [-0.15, -0.1) is 10.2 Å². The molecule has 8 heteroatoms. The van der Waals surface area contributed by atoms with Crippen LogP contribution < -0.4 is 5.32 Å². The van der Waals surface area contributed by atoms with E-state index in [-0.39, 0.29) is 24.3 Å². The van der Waals surface area contributed by atoms with Crippen LogP contribution in [0.3, 0.4) is 0 Å². The lowest BCUT2D eigenvalue weighted by Crippen LogP contribution is -2.46. The summed E-state index contributed by atoms with van der Waals surface area (Å²) in [6.45, 7) is 1.77. The fraction of sp³-hybridized carbons (Fsp3) is 0.375. The number of nitrogens with one attached hydrogen (secondary N) is 1. The standard InChI is InChI=1S/C16H15BrN4O3/c1-16(10-4-5-10)14(22)21(15(23)18-16)8-12-19-20-13(24-12)9-2-6-11(17)7-3-9/h2-3,6-7,10H,4-5,8H2,1H3,(H,18,23)/t16-/m1/s1. The van der Waals surface area contributed by atoms with Crippen LogP contribution in [0, 0.1) is 5.92 Å². The van der Waals surface area contributed by atoms with E-state index in [2.05, 4.69) is 31.4 Å². The van der Waals surface area contributed by atoms with E-state index in [1.54, 1.807) is 6.92 Å². The molecule has 1 saturated heterocycles. The molecule has 0 unspecified atom stereocenters. The highest BCUT2D eigenvalue weighted by atomic mass is 79.9. The van der Waals surface area contributed by atoms with Crippen molar-refractivity contribution in [2.45, 2.75) is 31.8 Å². The van der Waals surface area contributed by atoms with Crippen molar-refractivity contribution in [1.29, 1.82) is 0 Å². The van der Waals surface area contributed by atoms with Gasteiger partial charge in [0.25, 0.3) is 5.91 Å². The summed E-state index contributed by atoms with van der Waals surface area (Å²) in [6.07, 6.45) is 1.93. The summed E-state index contributed by atoms with van der Waals surface area (Å²) in [5, 5.41) is 10.7. The molecule has 1 aromatic heterocycles. The fourth-order valence-electron chi connectivity index (χ4n) is 2.96. The van der Waals surface area contributed by atoms with Crippen LogP contribution in [-0.4, -0.2) is 32.6 Å². The SMILES string of the molecule is C[C@]1(C2CC2)NC(=O)N(Cc2nnc(-c3ccc(Br)cc3)o2)C1=O. The Morgan fingerprint density at radius 3 is 2.67 bits per heavy atom. The Hall–Kier alpha value is -2.22. The zero-order valence-corrected chi connectivity index (χ0v) is 14.5. The van der Waals surface area contributed by atoms with Gasteiger partial charge in [0.2, 0.25) is 11.8 Å². The number of hydrogen-bond donors (Lipinski definition) is 1.